The fourth-order valence-corrected chi connectivity index (χ4v) is 2.42. The number of hydrogen-bond donors (Lipinski definition) is 1. The van der Waals surface area contributed by atoms with Crippen LogP contribution in [0.2, 0.25) is 0 Å². The molecule has 5 nitrogen and oxygen atoms in total. The molecule has 1 heterocycles. The van der Waals surface area contributed by atoms with E-state index in [2.05, 4.69) is 4.98 Å². The molecular weight excluding hydrogens is 306 g/mol. The first-order valence-electron chi connectivity index (χ1n) is 7.69. The van der Waals surface area contributed by atoms with Crippen molar-refractivity contribution < 1.29 is 14.3 Å². The number of benzene rings is 2. The number of carbonyl (C=O) groups excluding carboxylic acids is 1. The third kappa shape index (κ3) is 3.30. The number of hydrogen-bond acceptors (Lipinski definition) is 4. The third-order valence-electron chi connectivity index (χ3n) is 3.56. The maximum absolute atomic E-state index is 12.3. The first-order valence-corrected chi connectivity index (χ1v) is 7.69. The standard InChI is InChI=1S/C19H17NO4/c1-2-23-19(22)15-11-16(21)14-9-6-10-17(18(14)20-15)24-12-13-7-4-3-5-8-13/h3-11H,2,12H2,1H3,(H,20,21). The van der Waals surface area contributed by atoms with Gasteiger partial charge in [0.2, 0.25) is 0 Å². The van der Waals surface area contributed by atoms with Gasteiger partial charge in [-0.3, -0.25) is 4.79 Å². The molecule has 3 rings (SSSR count). The predicted octanol–water partition coefficient (Wildman–Crippen LogP) is 3.28. The van der Waals surface area contributed by atoms with Crippen LogP contribution in [0.4, 0.5) is 0 Å². The van der Waals surface area contributed by atoms with E-state index in [1.807, 2.05) is 30.3 Å². The highest BCUT2D eigenvalue weighted by molar-refractivity contribution is 5.92. The summed E-state index contributed by atoms with van der Waals surface area (Å²) in [6.45, 7) is 2.32. The number of aromatic amines is 1. The Morgan fingerprint density at radius 2 is 1.88 bits per heavy atom. The number of H-pyrrole nitrogens is 1. The van der Waals surface area contributed by atoms with E-state index in [1.165, 1.54) is 6.07 Å². The predicted molar refractivity (Wildman–Crippen MR) is 91.3 cm³/mol. The second-order valence-electron chi connectivity index (χ2n) is 5.22. The lowest BCUT2D eigenvalue weighted by Crippen LogP contribution is -2.13. The van der Waals surface area contributed by atoms with Crippen molar-refractivity contribution in [2.75, 3.05) is 6.61 Å². The lowest BCUT2D eigenvalue weighted by atomic mass is 10.1. The van der Waals surface area contributed by atoms with E-state index < -0.39 is 5.97 Å². The first kappa shape index (κ1) is 15.8. The Bertz CT molecular complexity index is 916. The number of nitrogens with one attached hydrogen (secondary N) is 1. The summed E-state index contributed by atoms with van der Waals surface area (Å²) < 4.78 is 10.8. The Morgan fingerprint density at radius 1 is 1.08 bits per heavy atom. The summed E-state index contributed by atoms with van der Waals surface area (Å²) in [5.41, 5.74) is 1.37. The van der Waals surface area contributed by atoms with Gasteiger partial charge in [0.25, 0.3) is 0 Å². The number of aromatic nitrogens is 1. The SMILES string of the molecule is CCOC(=O)c1cc(=O)c2cccc(OCc3ccccc3)c2[nH]1. The summed E-state index contributed by atoms with van der Waals surface area (Å²) >= 11 is 0. The molecule has 3 aromatic rings. The van der Waals surface area contributed by atoms with E-state index in [1.54, 1.807) is 25.1 Å². The number of pyridine rings is 1. The van der Waals surface area contributed by atoms with Crippen molar-refractivity contribution in [2.24, 2.45) is 0 Å². The smallest absolute Gasteiger partial charge is 0.354 e. The fraction of sp³-hybridized carbons (Fsp3) is 0.158. The molecule has 0 atom stereocenters. The second kappa shape index (κ2) is 7.00. The van der Waals surface area contributed by atoms with E-state index in [-0.39, 0.29) is 17.7 Å². The second-order valence-corrected chi connectivity index (χ2v) is 5.22. The average molecular weight is 323 g/mol. The van der Waals surface area contributed by atoms with Gasteiger partial charge in [0, 0.05) is 11.5 Å². The molecule has 0 fully saturated rings. The van der Waals surface area contributed by atoms with Gasteiger partial charge in [0.05, 0.1) is 12.1 Å². The number of para-hydroxylation sites is 1. The van der Waals surface area contributed by atoms with Gasteiger partial charge in [-0.25, -0.2) is 4.79 Å². The molecule has 122 valence electrons. The molecule has 0 amide bonds. The van der Waals surface area contributed by atoms with Crippen LogP contribution in [-0.2, 0) is 11.3 Å². The molecule has 0 unspecified atom stereocenters. The van der Waals surface area contributed by atoms with Gasteiger partial charge in [-0.15, -0.1) is 0 Å². The minimum atomic E-state index is -0.561. The van der Waals surface area contributed by atoms with Gasteiger partial charge in [0.15, 0.2) is 5.43 Å². The molecule has 0 aliphatic rings. The molecule has 5 heteroatoms. The fourth-order valence-electron chi connectivity index (χ4n) is 2.42. The average Bonchev–Trinajstić information content (AvgIpc) is 2.61. The molecule has 0 spiro atoms. The summed E-state index contributed by atoms with van der Waals surface area (Å²) in [6.07, 6.45) is 0. The highest BCUT2D eigenvalue weighted by Crippen LogP contribution is 2.23. The van der Waals surface area contributed by atoms with Crippen LogP contribution in [0.5, 0.6) is 5.75 Å². The van der Waals surface area contributed by atoms with Crippen molar-refractivity contribution in [1.82, 2.24) is 4.98 Å². The van der Waals surface area contributed by atoms with Crippen LogP contribution < -0.4 is 10.2 Å². The Balaban J connectivity index is 1.98. The van der Waals surface area contributed by atoms with Crippen molar-refractivity contribution >= 4 is 16.9 Å². The van der Waals surface area contributed by atoms with Gasteiger partial charge in [-0.05, 0) is 24.6 Å². The Hall–Kier alpha value is -3.08. The molecule has 0 radical (unpaired) electrons. The maximum Gasteiger partial charge on any atom is 0.354 e. The quantitative estimate of drug-likeness (QED) is 0.732. The molecule has 2 aromatic carbocycles. The summed E-state index contributed by atoms with van der Waals surface area (Å²) in [5, 5.41) is 0.466. The normalized spacial score (nSPS) is 10.5. The number of fused-ring (bicyclic) bond motifs is 1. The Labute approximate surface area is 138 Å². The lowest BCUT2D eigenvalue weighted by Gasteiger charge is -2.10. The minimum absolute atomic E-state index is 0.116. The lowest BCUT2D eigenvalue weighted by molar-refractivity contribution is 0.0520. The third-order valence-corrected chi connectivity index (χ3v) is 3.56. The van der Waals surface area contributed by atoms with E-state index in [0.29, 0.717) is 23.3 Å². The van der Waals surface area contributed by atoms with Crippen LogP contribution in [-0.4, -0.2) is 17.6 Å². The zero-order valence-corrected chi connectivity index (χ0v) is 13.2. The van der Waals surface area contributed by atoms with Crippen molar-refractivity contribution in [1.29, 1.82) is 0 Å². The number of esters is 1. The van der Waals surface area contributed by atoms with E-state index in [9.17, 15) is 9.59 Å². The Kier molecular flexibility index (Phi) is 4.61. The van der Waals surface area contributed by atoms with Crippen LogP contribution in [0, 0.1) is 0 Å². The molecule has 0 saturated carbocycles. The summed E-state index contributed by atoms with van der Waals surface area (Å²) in [4.78, 5) is 27.1. The molecule has 0 aliphatic heterocycles. The molecule has 1 N–H and O–H groups in total. The van der Waals surface area contributed by atoms with Crippen LogP contribution in [0.3, 0.4) is 0 Å². The summed E-state index contributed by atoms with van der Waals surface area (Å²) in [5.74, 6) is -0.0473. The largest absolute Gasteiger partial charge is 0.487 e. The molecule has 24 heavy (non-hydrogen) atoms. The van der Waals surface area contributed by atoms with E-state index in [4.69, 9.17) is 9.47 Å². The highest BCUT2D eigenvalue weighted by atomic mass is 16.5. The number of carbonyl (C=O) groups is 1. The van der Waals surface area contributed by atoms with Crippen molar-refractivity contribution in [2.45, 2.75) is 13.5 Å². The molecule has 0 bridgehead atoms. The maximum atomic E-state index is 12.3. The van der Waals surface area contributed by atoms with Gasteiger partial charge >= 0.3 is 5.97 Å². The monoisotopic (exact) mass is 323 g/mol. The van der Waals surface area contributed by atoms with Crippen LogP contribution >= 0.6 is 0 Å². The van der Waals surface area contributed by atoms with Crippen molar-refractivity contribution in [3.8, 4) is 5.75 Å². The van der Waals surface area contributed by atoms with E-state index >= 15 is 0 Å². The zero-order valence-electron chi connectivity index (χ0n) is 13.2. The van der Waals surface area contributed by atoms with Crippen LogP contribution in [0.25, 0.3) is 10.9 Å². The van der Waals surface area contributed by atoms with Gasteiger partial charge in [-0.1, -0.05) is 36.4 Å². The first-order chi connectivity index (χ1) is 11.7. The van der Waals surface area contributed by atoms with E-state index in [0.717, 1.165) is 5.56 Å². The van der Waals surface area contributed by atoms with Gasteiger partial charge in [0.1, 0.15) is 18.1 Å². The van der Waals surface area contributed by atoms with Crippen molar-refractivity contribution in [3.05, 3.63) is 76.1 Å². The summed E-state index contributed by atoms with van der Waals surface area (Å²) in [7, 11) is 0. The van der Waals surface area contributed by atoms with Crippen LogP contribution in [0.15, 0.2) is 59.4 Å². The van der Waals surface area contributed by atoms with Crippen LogP contribution in [0.1, 0.15) is 23.0 Å². The summed E-state index contributed by atoms with van der Waals surface area (Å²) in [6, 6.07) is 16.2. The van der Waals surface area contributed by atoms with Gasteiger partial charge < -0.3 is 14.5 Å². The highest BCUT2D eigenvalue weighted by Gasteiger charge is 2.13. The molecular formula is C19H17NO4. The number of rotatable bonds is 5. The number of ether oxygens (including phenoxy) is 2. The topological polar surface area (TPSA) is 68.4 Å². The van der Waals surface area contributed by atoms with Crippen molar-refractivity contribution in [3.63, 3.8) is 0 Å². The van der Waals surface area contributed by atoms with Gasteiger partial charge in [-0.2, -0.15) is 0 Å². The zero-order chi connectivity index (χ0) is 16.9. The molecule has 0 saturated heterocycles. The minimum Gasteiger partial charge on any atom is -0.487 e. The Morgan fingerprint density at radius 3 is 2.62 bits per heavy atom. The molecule has 1 aromatic heterocycles. The molecule has 0 aliphatic carbocycles.